The summed E-state index contributed by atoms with van der Waals surface area (Å²) in [7, 11) is 0. The fraction of sp³-hybridized carbons (Fsp3) is 0.391. The number of nitrogens with zero attached hydrogens (tertiary/aromatic N) is 2. The summed E-state index contributed by atoms with van der Waals surface area (Å²) in [4.78, 5) is 28.9. The summed E-state index contributed by atoms with van der Waals surface area (Å²) in [5.41, 5.74) is 1.36. The number of anilines is 1. The Hall–Kier alpha value is -2.77. The fourth-order valence-corrected chi connectivity index (χ4v) is 4.15. The summed E-state index contributed by atoms with van der Waals surface area (Å²) in [6.45, 7) is 3.60. The van der Waals surface area contributed by atoms with E-state index < -0.39 is 11.7 Å². The van der Waals surface area contributed by atoms with Crippen LogP contribution in [0.25, 0.3) is 0 Å². The van der Waals surface area contributed by atoms with Gasteiger partial charge in [-0.2, -0.15) is 0 Å². The molecule has 2 aromatic carbocycles. The van der Waals surface area contributed by atoms with Crippen LogP contribution >= 0.6 is 0 Å². The third kappa shape index (κ3) is 4.52. The SMILES string of the molecule is O=C(NC[C@@H](c1ccccc1)N1CCOCC1)[C@@H]1CC(=O)N(c2ccccc2F)C1. The molecule has 2 fully saturated rings. The van der Waals surface area contributed by atoms with E-state index in [1.54, 1.807) is 18.2 Å². The Labute approximate surface area is 175 Å². The topological polar surface area (TPSA) is 61.9 Å². The average molecular weight is 411 g/mol. The number of ether oxygens (including phenoxy) is 1. The zero-order valence-corrected chi connectivity index (χ0v) is 16.8. The van der Waals surface area contributed by atoms with Crippen molar-refractivity contribution < 1.29 is 18.7 Å². The van der Waals surface area contributed by atoms with Crippen LogP contribution in [-0.4, -0.2) is 56.1 Å². The third-order valence-corrected chi connectivity index (χ3v) is 5.78. The lowest BCUT2D eigenvalue weighted by atomic mass is 10.0. The molecule has 158 valence electrons. The lowest BCUT2D eigenvalue weighted by Gasteiger charge is -2.35. The highest BCUT2D eigenvalue weighted by atomic mass is 19.1. The van der Waals surface area contributed by atoms with Crippen molar-refractivity contribution in [2.45, 2.75) is 12.5 Å². The number of nitrogens with one attached hydrogen (secondary N) is 1. The smallest absolute Gasteiger partial charge is 0.227 e. The maximum absolute atomic E-state index is 14.1. The van der Waals surface area contributed by atoms with E-state index in [1.165, 1.54) is 11.0 Å². The molecule has 2 heterocycles. The van der Waals surface area contributed by atoms with E-state index in [0.29, 0.717) is 19.8 Å². The van der Waals surface area contributed by atoms with Crippen LogP contribution in [0, 0.1) is 11.7 Å². The number of morpholine rings is 1. The number of carbonyl (C=O) groups is 2. The van der Waals surface area contributed by atoms with E-state index in [9.17, 15) is 14.0 Å². The quantitative estimate of drug-likeness (QED) is 0.793. The van der Waals surface area contributed by atoms with Gasteiger partial charge in [0.05, 0.1) is 30.9 Å². The lowest BCUT2D eigenvalue weighted by Crippen LogP contribution is -2.45. The molecule has 2 aromatic rings. The molecule has 0 saturated carbocycles. The van der Waals surface area contributed by atoms with Crippen LogP contribution < -0.4 is 10.2 Å². The van der Waals surface area contributed by atoms with Gasteiger partial charge in [-0.15, -0.1) is 0 Å². The van der Waals surface area contributed by atoms with Gasteiger partial charge >= 0.3 is 0 Å². The lowest BCUT2D eigenvalue weighted by molar-refractivity contribution is -0.126. The summed E-state index contributed by atoms with van der Waals surface area (Å²) in [5, 5.41) is 3.03. The second-order valence-corrected chi connectivity index (χ2v) is 7.68. The molecule has 2 aliphatic rings. The Kier molecular flexibility index (Phi) is 6.40. The first-order valence-corrected chi connectivity index (χ1v) is 10.3. The van der Waals surface area contributed by atoms with Crippen LogP contribution in [-0.2, 0) is 14.3 Å². The van der Waals surface area contributed by atoms with E-state index >= 15 is 0 Å². The van der Waals surface area contributed by atoms with Crippen molar-refractivity contribution in [1.82, 2.24) is 10.2 Å². The molecule has 2 saturated heterocycles. The van der Waals surface area contributed by atoms with E-state index in [-0.39, 0.29) is 36.5 Å². The van der Waals surface area contributed by atoms with Crippen molar-refractivity contribution >= 4 is 17.5 Å². The highest BCUT2D eigenvalue weighted by molar-refractivity contribution is 6.00. The molecule has 0 aromatic heterocycles. The molecule has 0 unspecified atom stereocenters. The molecule has 30 heavy (non-hydrogen) atoms. The molecule has 1 N–H and O–H groups in total. The van der Waals surface area contributed by atoms with Gasteiger partial charge < -0.3 is 15.0 Å². The Bertz CT molecular complexity index is 886. The minimum absolute atomic E-state index is 0.0406. The summed E-state index contributed by atoms with van der Waals surface area (Å²) in [5.74, 6) is -1.34. The van der Waals surface area contributed by atoms with Gasteiger partial charge in [0, 0.05) is 32.6 Å². The van der Waals surface area contributed by atoms with Crippen molar-refractivity contribution in [3.8, 4) is 0 Å². The second-order valence-electron chi connectivity index (χ2n) is 7.68. The number of para-hydroxylation sites is 1. The maximum Gasteiger partial charge on any atom is 0.227 e. The first-order valence-electron chi connectivity index (χ1n) is 10.3. The number of amides is 2. The van der Waals surface area contributed by atoms with Crippen molar-refractivity contribution in [3.63, 3.8) is 0 Å². The summed E-state index contributed by atoms with van der Waals surface area (Å²) >= 11 is 0. The van der Waals surface area contributed by atoms with Crippen LogP contribution in [0.5, 0.6) is 0 Å². The Balaban J connectivity index is 1.41. The number of hydrogen-bond donors (Lipinski definition) is 1. The van der Waals surface area contributed by atoms with Crippen molar-refractivity contribution in [1.29, 1.82) is 0 Å². The fourth-order valence-electron chi connectivity index (χ4n) is 4.15. The highest BCUT2D eigenvalue weighted by Gasteiger charge is 2.36. The van der Waals surface area contributed by atoms with Crippen molar-refractivity contribution in [2.24, 2.45) is 5.92 Å². The first-order chi connectivity index (χ1) is 14.6. The molecule has 0 bridgehead atoms. The molecular formula is C23H26FN3O3. The molecule has 2 aliphatic heterocycles. The molecule has 4 rings (SSSR count). The Morgan fingerprint density at radius 2 is 1.80 bits per heavy atom. The third-order valence-electron chi connectivity index (χ3n) is 5.78. The highest BCUT2D eigenvalue weighted by Crippen LogP contribution is 2.28. The van der Waals surface area contributed by atoms with Crippen molar-refractivity contribution in [2.75, 3.05) is 44.3 Å². The van der Waals surface area contributed by atoms with E-state index in [2.05, 4.69) is 22.3 Å². The second kappa shape index (κ2) is 9.36. The number of rotatable bonds is 6. The normalized spacial score (nSPS) is 20.9. The summed E-state index contributed by atoms with van der Waals surface area (Å²) in [6, 6.07) is 16.3. The minimum Gasteiger partial charge on any atom is -0.379 e. The molecule has 2 atom stereocenters. The van der Waals surface area contributed by atoms with Gasteiger partial charge in [-0.25, -0.2) is 4.39 Å². The van der Waals surface area contributed by atoms with Crippen LogP contribution in [0.1, 0.15) is 18.0 Å². The van der Waals surface area contributed by atoms with E-state index in [1.807, 2.05) is 18.2 Å². The zero-order valence-electron chi connectivity index (χ0n) is 16.8. The zero-order chi connectivity index (χ0) is 20.9. The maximum atomic E-state index is 14.1. The van der Waals surface area contributed by atoms with Gasteiger partial charge in [-0.05, 0) is 17.7 Å². The molecule has 7 heteroatoms. The van der Waals surface area contributed by atoms with Gasteiger partial charge in [0.1, 0.15) is 5.82 Å². The molecule has 2 amide bonds. The summed E-state index contributed by atoms with van der Waals surface area (Å²) < 4.78 is 19.5. The van der Waals surface area contributed by atoms with Crippen LogP contribution in [0.2, 0.25) is 0 Å². The van der Waals surface area contributed by atoms with Crippen LogP contribution in [0.15, 0.2) is 54.6 Å². The minimum atomic E-state index is -0.488. The molecule has 0 radical (unpaired) electrons. The molecule has 0 aliphatic carbocycles. The Morgan fingerprint density at radius 1 is 1.10 bits per heavy atom. The molecular weight excluding hydrogens is 385 g/mol. The number of hydrogen-bond acceptors (Lipinski definition) is 4. The van der Waals surface area contributed by atoms with Gasteiger partial charge in [0.15, 0.2) is 0 Å². The monoisotopic (exact) mass is 411 g/mol. The predicted octanol–water partition coefficient (Wildman–Crippen LogP) is 2.37. The van der Waals surface area contributed by atoms with Gasteiger partial charge in [-0.3, -0.25) is 14.5 Å². The predicted molar refractivity (Wildman–Crippen MR) is 111 cm³/mol. The average Bonchev–Trinajstić information content (AvgIpc) is 3.17. The van der Waals surface area contributed by atoms with E-state index in [4.69, 9.17) is 4.74 Å². The number of halogens is 1. The molecule has 0 spiro atoms. The van der Waals surface area contributed by atoms with Crippen LogP contribution in [0.3, 0.4) is 0 Å². The van der Waals surface area contributed by atoms with Crippen LogP contribution in [0.4, 0.5) is 10.1 Å². The number of carbonyl (C=O) groups excluding carboxylic acids is 2. The number of benzene rings is 2. The van der Waals surface area contributed by atoms with E-state index in [0.717, 1.165) is 18.7 Å². The standard InChI is InChI=1S/C23H26FN3O3/c24-19-8-4-5-9-20(19)27-16-18(14-22(27)28)23(29)25-15-21(17-6-2-1-3-7-17)26-10-12-30-13-11-26/h1-9,18,21H,10-16H2,(H,25,29)/t18-,21+/m1/s1. The Morgan fingerprint density at radius 3 is 2.53 bits per heavy atom. The van der Waals surface area contributed by atoms with Gasteiger partial charge in [0.2, 0.25) is 11.8 Å². The summed E-state index contributed by atoms with van der Waals surface area (Å²) in [6.07, 6.45) is 0.0910. The van der Waals surface area contributed by atoms with Crippen molar-refractivity contribution in [3.05, 3.63) is 66.0 Å². The van der Waals surface area contributed by atoms with Gasteiger partial charge in [0.25, 0.3) is 0 Å². The largest absolute Gasteiger partial charge is 0.379 e. The first kappa shape index (κ1) is 20.5. The van der Waals surface area contributed by atoms with Gasteiger partial charge in [-0.1, -0.05) is 42.5 Å². The molecule has 6 nitrogen and oxygen atoms in total.